The second kappa shape index (κ2) is 39.6. The van der Waals surface area contributed by atoms with Crippen LogP contribution >= 0.6 is 0 Å². The van der Waals surface area contributed by atoms with Crippen molar-refractivity contribution in [2.45, 2.75) is 246 Å². The maximum absolute atomic E-state index is 2.38. The summed E-state index contributed by atoms with van der Waals surface area (Å²) in [6.45, 7) is 15.3. The topological polar surface area (TPSA) is 0 Å². The molecular weight excluding hydrogens is 598 g/mol. The fourth-order valence-electron chi connectivity index (χ4n) is 7.35. The van der Waals surface area contributed by atoms with Gasteiger partial charge in [-0.05, 0) is 51.4 Å². The predicted molar refractivity (Wildman–Crippen MR) is 199 cm³/mol. The summed E-state index contributed by atoms with van der Waals surface area (Å²) < 4.78 is 1.47. The molecule has 0 saturated heterocycles. The molecule has 0 saturated carbocycles. The van der Waals surface area contributed by atoms with E-state index in [-0.39, 0.29) is 17.0 Å². The molecule has 0 aliphatic rings. The molecule has 0 aliphatic heterocycles. The lowest BCUT2D eigenvalue weighted by Gasteiger charge is -2.39. The molecule has 2 heteroatoms. The second-order valence-electron chi connectivity index (χ2n) is 14.8. The zero-order chi connectivity index (χ0) is 31.4. The van der Waals surface area contributed by atoms with E-state index in [0.29, 0.717) is 0 Å². The highest BCUT2D eigenvalue weighted by atomic mass is 79.9. The summed E-state index contributed by atoms with van der Waals surface area (Å²) in [5, 5.41) is 0. The van der Waals surface area contributed by atoms with Crippen LogP contribution in [0.25, 0.3) is 0 Å². The summed E-state index contributed by atoms with van der Waals surface area (Å²) in [6.07, 6.45) is 49.7. The first-order valence-electron chi connectivity index (χ1n) is 21.1. The first-order chi connectivity index (χ1) is 21.2. The summed E-state index contributed by atoms with van der Waals surface area (Å²) in [6, 6.07) is 0. The summed E-state index contributed by atoms with van der Waals surface area (Å²) in [4.78, 5) is 0. The standard InChI is InChI=1S/C42H88N.BrH/c1-5-9-13-15-17-19-21-23-25-27-29-31-33-37-41-43(39-35-11-7-3,40-36-12-8-4)42-38-34-32-30-28-26-24-22-20-18-16-14-10-6-2;/h5-42H2,1-4H3;1H/q+1;/p-1. The summed E-state index contributed by atoms with van der Waals surface area (Å²) in [5.74, 6) is 0. The highest BCUT2D eigenvalue weighted by Crippen LogP contribution is 2.20. The molecule has 0 atom stereocenters. The van der Waals surface area contributed by atoms with E-state index in [1.165, 1.54) is 249 Å². The molecule has 0 aromatic carbocycles. The lowest BCUT2D eigenvalue weighted by atomic mass is 10.0. The summed E-state index contributed by atoms with van der Waals surface area (Å²) in [5.41, 5.74) is 0. The van der Waals surface area contributed by atoms with Crippen molar-refractivity contribution in [3.8, 4) is 0 Å². The third-order valence-corrected chi connectivity index (χ3v) is 10.4. The Morgan fingerprint density at radius 2 is 0.341 bits per heavy atom. The minimum Gasteiger partial charge on any atom is -1.00 e. The molecule has 0 N–H and O–H groups in total. The average molecular weight is 687 g/mol. The van der Waals surface area contributed by atoms with Gasteiger partial charge in [-0.15, -0.1) is 0 Å². The SMILES string of the molecule is CCCCCCCCCCCCCCCC[N+](CCCCC)(CCCCC)CCCCCCCCCCCCCCCC.[Br-]. The van der Waals surface area contributed by atoms with Crippen LogP contribution in [0.2, 0.25) is 0 Å². The Labute approximate surface area is 292 Å². The molecular formula is C42H88BrN. The first kappa shape index (κ1) is 46.6. The molecule has 0 amide bonds. The largest absolute Gasteiger partial charge is 1.00 e. The average Bonchev–Trinajstić information content (AvgIpc) is 3.01. The van der Waals surface area contributed by atoms with E-state index in [0.717, 1.165) is 0 Å². The smallest absolute Gasteiger partial charge is 0.0786 e. The maximum atomic E-state index is 2.38. The number of hydrogen-bond acceptors (Lipinski definition) is 0. The lowest BCUT2D eigenvalue weighted by molar-refractivity contribution is -0.929. The number of rotatable bonds is 38. The van der Waals surface area contributed by atoms with Crippen molar-refractivity contribution in [2.24, 2.45) is 0 Å². The number of unbranched alkanes of at least 4 members (excludes halogenated alkanes) is 30. The van der Waals surface area contributed by atoms with Gasteiger partial charge in [0.25, 0.3) is 0 Å². The molecule has 1 nitrogen and oxygen atoms in total. The molecule has 0 bridgehead atoms. The molecule has 0 heterocycles. The zero-order valence-corrected chi connectivity index (χ0v) is 33.3. The third-order valence-electron chi connectivity index (χ3n) is 10.4. The van der Waals surface area contributed by atoms with Crippen molar-refractivity contribution in [2.75, 3.05) is 26.2 Å². The maximum Gasteiger partial charge on any atom is 0.0786 e. The number of hydrogen-bond donors (Lipinski definition) is 0. The van der Waals surface area contributed by atoms with E-state index in [2.05, 4.69) is 27.7 Å². The highest BCUT2D eigenvalue weighted by Gasteiger charge is 2.25. The van der Waals surface area contributed by atoms with E-state index in [1.54, 1.807) is 0 Å². The molecule has 0 aliphatic carbocycles. The van der Waals surface area contributed by atoms with Crippen molar-refractivity contribution < 1.29 is 21.5 Å². The fourth-order valence-corrected chi connectivity index (χ4v) is 7.35. The highest BCUT2D eigenvalue weighted by molar-refractivity contribution is 4.55. The molecule has 268 valence electrons. The third kappa shape index (κ3) is 33.8. The molecule has 0 spiro atoms. The molecule has 0 fully saturated rings. The fraction of sp³-hybridized carbons (Fsp3) is 1.00. The van der Waals surface area contributed by atoms with E-state index in [4.69, 9.17) is 0 Å². The molecule has 0 aromatic rings. The summed E-state index contributed by atoms with van der Waals surface area (Å²) >= 11 is 0. The van der Waals surface area contributed by atoms with Crippen molar-refractivity contribution in [1.29, 1.82) is 0 Å². The van der Waals surface area contributed by atoms with Gasteiger partial charge in [-0.3, -0.25) is 0 Å². The van der Waals surface area contributed by atoms with E-state index in [1.807, 2.05) is 0 Å². The number of halogens is 1. The van der Waals surface area contributed by atoms with Crippen molar-refractivity contribution >= 4 is 0 Å². The minimum atomic E-state index is 0. The van der Waals surface area contributed by atoms with Crippen LogP contribution in [0.1, 0.15) is 246 Å². The first-order valence-corrected chi connectivity index (χ1v) is 21.1. The minimum absolute atomic E-state index is 0. The van der Waals surface area contributed by atoms with Crippen LogP contribution in [0.5, 0.6) is 0 Å². The Kier molecular flexibility index (Phi) is 41.9. The van der Waals surface area contributed by atoms with E-state index in [9.17, 15) is 0 Å². The van der Waals surface area contributed by atoms with Gasteiger partial charge in [0.05, 0.1) is 26.2 Å². The van der Waals surface area contributed by atoms with Gasteiger partial charge >= 0.3 is 0 Å². The number of quaternary nitrogens is 1. The van der Waals surface area contributed by atoms with Gasteiger partial charge < -0.3 is 21.5 Å². The van der Waals surface area contributed by atoms with Crippen LogP contribution < -0.4 is 17.0 Å². The number of nitrogens with zero attached hydrogens (tertiary/aromatic N) is 1. The normalized spacial score (nSPS) is 11.7. The van der Waals surface area contributed by atoms with Gasteiger partial charge in [0.2, 0.25) is 0 Å². The Hall–Kier alpha value is 0.440. The van der Waals surface area contributed by atoms with Crippen LogP contribution in [0.3, 0.4) is 0 Å². The van der Waals surface area contributed by atoms with E-state index < -0.39 is 0 Å². The quantitative estimate of drug-likeness (QED) is 0.0448. The van der Waals surface area contributed by atoms with Crippen LogP contribution in [-0.2, 0) is 0 Å². The summed E-state index contributed by atoms with van der Waals surface area (Å²) in [7, 11) is 0. The molecule has 0 radical (unpaired) electrons. The molecule has 44 heavy (non-hydrogen) atoms. The Morgan fingerprint density at radius 1 is 0.205 bits per heavy atom. The molecule has 0 rings (SSSR count). The van der Waals surface area contributed by atoms with Crippen LogP contribution in [0.4, 0.5) is 0 Å². The second-order valence-corrected chi connectivity index (χ2v) is 14.8. The van der Waals surface area contributed by atoms with Crippen molar-refractivity contribution in [3.63, 3.8) is 0 Å². The Bertz CT molecular complexity index is 448. The molecule has 0 unspecified atom stereocenters. The molecule has 0 aromatic heterocycles. The zero-order valence-electron chi connectivity index (χ0n) is 31.7. The van der Waals surface area contributed by atoms with Gasteiger partial charge in [-0.25, -0.2) is 0 Å². The van der Waals surface area contributed by atoms with Gasteiger partial charge in [0, 0.05) is 0 Å². The van der Waals surface area contributed by atoms with Crippen LogP contribution in [0, 0.1) is 0 Å². The predicted octanol–water partition coefficient (Wildman–Crippen LogP) is 12.2. The van der Waals surface area contributed by atoms with Gasteiger partial charge in [-0.1, -0.05) is 195 Å². The monoisotopic (exact) mass is 686 g/mol. The van der Waals surface area contributed by atoms with Gasteiger partial charge in [0.15, 0.2) is 0 Å². The van der Waals surface area contributed by atoms with Crippen LogP contribution in [0.15, 0.2) is 0 Å². The van der Waals surface area contributed by atoms with Crippen LogP contribution in [-0.4, -0.2) is 30.7 Å². The van der Waals surface area contributed by atoms with Crippen molar-refractivity contribution in [1.82, 2.24) is 0 Å². The lowest BCUT2D eigenvalue weighted by Crippen LogP contribution is -3.00. The van der Waals surface area contributed by atoms with Gasteiger partial charge in [-0.2, -0.15) is 0 Å². The Balaban J connectivity index is 0. The Morgan fingerprint density at radius 3 is 0.545 bits per heavy atom. The van der Waals surface area contributed by atoms with Gasteiger partial charge in [0.1, 0.15) is 0 Å². The van der Waals surface area contributed by atoms with Crippen molar-refractivity contribution in [3.05, 3.63) is 0 Å². The van der Waals surface area contributed by atoms with E-state index >= 15 is 0 Å².